The zero-order chi connectivity index (χ0) is 82.7. The summed E-state index contributed by atoms with van der Waals surface area (Å²) in [4.78, 5) is 140. The largest absolute Gasteiger partial charge is 0.457 e. The van der Waals surface area contributed by atoms with Crippen molar-refractivity contribution in [2.24, 2.45) is 0 Å². The molecule has 0 atom stereocenters. The van der Waals surface area contributed by atoms with Gasteiger partial charge in [-0.1, -0.05) is 184 Å². The Hall–Kier alpha value is -12.8. The summed E-state index contributed by atoms with van der Waals surface area (Å²) in [5.74, 6) is -1.94. The number of carbonyl (C=O) groups excluding carboxylic acids is 12. The lowest BCUT2D eigenvalue weighted by molar-refractivity contribution is 0.0425. The van der Waals surface area contributed by atoms with Crippen LogP contribution in [0.2, 0.25) is 15.1 Å². The Kier molecular flexibility index (Phi) is 28.3. The number of fused-ring (bicyclic) bond motifs is 6. The molecular formula is C91H67Cl3O21S2. The van der Waals surface area contributed by atoms with Crippen molar-refractivity contribution < 1.29 is 100 Å². The van der Waals surface area contributed by atoms with Gasteiger partial charge in [0.05, 0.1) is 76.8 Å². The van der Waals surface area contributed by atoms with E-state index >= 15 is 0 Å². The molecule has 11 aromatic rings. The van der Waals surface area contributed by atoms with Gasteiger partial charge in [-0.05, 0) is 186 Å². The predicted molar refractivity (Wildman–Crippen MR) is 436 cm³/mol. The maximum Gasteiger partial charge on any atom is 0.347 e. The van der Waals surface area contributed by atoms with E-state index in [9.17, 15) is 57.5 Å². The minimum absolute atomic E-state index is 0.188. The third kappa shape index (κ3) is 21.4. The van der Waals surface area contributed by atoms with Crippen LogP contribution in [0, 0.1) is 0 Å². The van der Waals surface area contributed by atoms with Gasteiger partial charge in [0.2, 0.25) is 0 Å². The van der Waals surface area contributed by atoms with Crippen molar-refractivity contribution in [1.82, 2.24) is 0 Å². The highest BCUT2D eigenvalue weighted by atomic mass is 35.5. The predicted octanol–water partition coefficient (Wildman–Crippen LogP) is 21.9. The topological polar surface area (TPSA) is 288 Å². The molecular weight excluding hydrogens is 1600 g/mol. The van der Waals surface area contributed by atoms with Crippen LogP contribution in [0.3, 0.4) is 0 Å². The zero-order valence-electron chi connectivity index (χ0n) is 62.3. The molecule has 6 heterocycles. The number of hydrogen-bond donors (Lipinski definition) is 0. The van der Waals surface area contributed by atoms with Gasteiger partial charge in [-0.2, -0.15) is 0 Å². The summed E-state index contributed by atoms with van der Waals surface area (Å²) in [6.45, 7) is 4.42. The van der Waals surface area contributed by atoms with Crippen molar-refractivity contribution in [2.45, 2.75) is 81.4 Å². The van der Waals surface area contributed by atoms with Crippen LogP contribution in [0.1, 0.15) is 201 Å². The van der Waals surface area contributed by atoms with Crippen LogP contribution in [0.5, 0.6) is 34.5 Å². The summed E-state index contributed by atoms with van der Waals surface area (Å²) < 4.78 is 44.1. The van der Waals surface area contributed by atoms with Gasteiger partial charge in [-0.25, -0.2) is 57.5 Å². The van der Waals surface area contributed by atoms with Crippen molar-refractivity contribution in [1.29, 1.82) is 0 Å². The molecule has 0 bridgehead atoms. The first-order valence-corrected chi connectivity index (χ1v) is 39.8. The lowest BCUT2D eigenvalue weighted by atomic mass is 9.97. The second-order valence-electron chi connectivity index (χ2n) is 26.1. The van der Waals surface area contributed by atoms with Crippen LogP contribution in [0.15, 0.2) is 246 Å². The van der Waals surface area contributed by atoms with Gasteiger partial charge in [0.15, 0.2) is 0 Å². The molecule has 0 fully saturated rings. The van der Waals surface area contributed by atoms with E-state index in [4.69, 9.17) is 53.8 Å². The highest BCUT2D eigenvalue weighted by Crippen LogP contribution is 2.39. The number of ether oxygens (including phenoxy) is 9. The van der Waals surface area contributed by atoms with E-state index in [1.54, 1.807) is 121 Å². The van der Waals surface area contributed by atoms with Crippen LogP contribution in [-0.2, 0) is 34.8 Å². The van der Waals surface area contributed by atoms with Gasteiger partial charge in [0.25, 0.3) is 0 Å². The molecule has 590 valence electrons. The number of esters is 12. The standard InChI is InChI=1S/C20H28O3S2.C15H10O3.C14H6Cl2O4.C14H7ClO4.C14H8O4.C14H8O3/c1-3-5-7-9-11-24-17-13-15-16(20(22)23-19(15)21)14-18(17)25-12-10-8-6-4-2;16-14-12-7-6-11(9-13(12)15(17)18-14)8-10-4-2-1-3-5-10;15-11-4-2-8(6-12(11)16)19-7-1-3-9-10(5-7)14(18)20-13(9)17;15-8-1-3-9(4-2-8)18-10-5-6-11-12(7-10)14(17)19-13(11)16;15-13-11-7-6-10(8-12(11)14(16)18-13)17-9-4-2-1-3-5-9;15-13-11-8-4-7-10(12(11)14(16)17-13)9-5-2-1-3-6-9/h13-14H,3-12H2,1-2H3;1-7,9H,8H2;1-6H;1-7H;1-8H;1-8H. The number of rotatable bonds is 21. The quantitative estimate of drug-likeness (QED) is 0.0212. The van der Waals surface area contributed by atoms with Gasteiger partial charge >= 0.3 is 71.6 Å². The first-order chi connectivity index (χ1) is 56.6. The van der Waals surface area contributed by atoms with Gasteiger partial charge in [-0.15, -0.1) is 23.5 Å². The Morgan fingerprint density at radius 1 is 0.265 bits per heavy atom. The summed E-state index contributed by atoms with van der Waals surface area (Å²) in [6.07, 6.45) is 10.6. The van der Waals surface area contributed by atoms with Gasteiger partial charge in [-0.3, -0.25) is 0 Å². The SMILES string of the molecule is CCCCCCSc1cc2c(cc1SCCCCCC)C(=O)OC2=O.O=C1OC(=O)c2c1cccc2-c1ccccc1.O=C1OC(=O)c2cc(Cc3ccccc3)ccc21.O=C1OC(=O)c2cc(Oc3ccc(Cl)c(Cl)c3)ccc21.O=C1OC(=O)c2cc(Oc3ccc(Cl)cc3)ccc21.O=C1OC(=O)c2cc(Oc3ccccc3)ccc21. The van der Waals surface area contributed by atoms with Crippen molar-refractivity contribution in [3.05, 3.63) is 330 Å². The Morgan fingerprint density at radius 3 is 1.07 bits per heavy atom. The summed E-state index contributed by atoms with van der Waals surface area (Å²) in [7, 11) is 0. The molecule has 0 aromatic heterocycles. The molecule has 0 aliphatic carbocycles. The summed E-state index contributed by atoms with van der Waals surface area (Å²) in [5.41, 5.74) is 7.50. The highest BCUT2D eigenvalue weighted by molar-refractivity contribution is 8.02. The third-order valence-corrected chi connectivity index (χ3v) is 21.3. The normalized spacial score (nSPS) is 13.2. The Balaban J connectivity index is 0.000000130. The molecule has 0 saturated carbocycles. The number of hydrogen-bond acceptors (Lipinski definition) is 23. The number of thioether (sulfide) groups is 2. The van der Waals surface area contributed by atoms with Crippen LogP contribution in [0.4, 0.5) is 0 Å². The van der Waals surface area contributed by atoms with Crippen LogP contribution in [0.25, 0.3) is 11.1 Å². The number of benzene rings is 11. The lowest BCUT2D eigenvalue weighted by Gasteiger charge is -2.10. The van der Waals surface area contributed by atoms with E-state index in [-0.39, 0.29) is 33.4 Å². The number of carbonyl (C=O) groups is 12. The van der Waals surface area contributed by atoms with Gasteiger partial charge in [0.1, 0.15) is 34.5 Å². The van der Waals surface area contributed by atoms with Crippen molar-refractivity contribution in [3.8, 4) is 45.6 Å². The lowest BCUT2D eigenvalue weighted by Crippen LogP contribution is -1.98. The molecule has 0 spiro atoms. The Morgan fingerprint density at radius 2 is 0.615 bits per heavy atom. The van der Waals surface area contributed by atoms with Gasteiger partial charge < -0.3 is 42.6 Å². The fraction of sp³-hybridized carbons (Fsp3) is 0.143. The molecule has 26 heteroatoms. The zero-order valence-corrected chi connectivity index (χ0v) is 66.2. The molecule has 17 rings (SSSR count). The summed E-state index contributed by atoms with van der Waals surface area (Å²) >= 11 is 21.1. The molecule has 6 aliphatic rings. The molecule has 117 heavy (non-hydrogen) atoms. The maximum absolute atomic E-state index is 11.8. The molecule has 21 nitrogen and oxygen atoms in total. The maximum atomic E-state index is 11.8. The van der Waals surface area contributed by atoms with E-state index in [1.165, 1.54) is 87.8 Å². The minimum atomic E-state index is -0.676. The fourth-order valence-electron chi connectivity index (χ4n) is 12.1. The molecule has 6 aliphatic heterocycles. The Labute approximate surface area is 693 Å². The van der Waals surface area contributed by atoms with E-state index in [1.807, 2.05) is 103 Å². The van der Waals surface area contributed by atoms with Crippen molar-refractivity contribution in [2.75, 3.05) is 11.5 Å². The third-order valence-electron chi connectivity index (χ3n) is 17.9. The molecule has 0 N–H and O–H groups in total. The average Bonchev–Trinajstić information content (AvgIpc) is 1.38. The molecule has 0 radical (unpaired) electrons. The van der Waals surface area contributed by atoms with Crippen LogP contribution >= 0.6 is 58.3 Å². The molecule has 0 amide bonds. The minimum Gasteiger partial charge on any atom is -0.457 e. The van der Waals surface area contributed by atoms with Gasteiger partial charge in [0, 0.05) is 20.9 Å². The van der Waals surface area contributed by atoms with E-state index in [0.717, 1.165) is 50.0 Å². The van der Waals surface area contributed by atoms with E-state index in [2.05, 4.69) is 37.5 Å². The van der Waals surface area contributed by atoms with E-state index in [0.29, 0.717) is 82.9 Å². The molecule has 0 unspecified atom stereocenters. The molecule has 0 saturated heterocycles. The summed E-state index contributed by atoms with van der Waals surface area (Å²) in [6, 6.07) is 68.1. The van der Waals surface area contributed by atoms with E-state index < -0.39 is 71.6 Å². The monoisotopic (exact) mass is 1660 g/mol. The van der Waals surface area contributed by atoms with Crippen molar-refractivity contribution >= 4 is 130 Å². The second kappa shape index (κ2) is 39.5. The summed E-state index contributed by atoms with van der Waals surface area (Å²) in [5, 5.41) is 1.39. The molecule has 11 aromatic carbocycles. The number of unbranched alkanes of at least 4 members (excludes halogenated alkanes) is 6. The second-order valence-corrected chi connectivity index (χ2v) is 29.7. The van der Waals surface area contributed by atoms with Crippen molar-refractivity contribution in [3.63, 3.8) is 0 Å². The number of cyclic esters (lactones) is 12. The van der Waals surface area contributed by atoms with Crippen LogP contribution in [-0.4, -0.2) is 83.1 Å². The number of para-hydroxylation sites is 1. The average molecular weight is 1670 g/mol. The van der Waals surface area contributed by atoms with Crippen LogP contribution < -0.4 is 14.2 Å². The smallest absolute Gasteiger partial charge is 0.347 e. The Bertz CT molecular complexity index is 5530. The number of halogens is 3. The first kappa shape index (κ1) is 83.7. The fourth-order valence-corrected chi connectivity index (χ4v) is 14.8. The highest BCUT2D eigenvalue weighted by Gasteiger charge is 2.36. The first-order valence-electron chi connectivity index (χ1n) is 36.7.